The zero-order valence-corrected chi connectivity index (χ0v) is 6.75. The number of hydrogen-bond donors (Lipinski definition) is 0. The highest BCUT2D eigenvalue weighted by Crippen LogP contribution is 2.25. The summed E-state index contributed by atoms with van der Waals surface area (Å²) in [5.74, 6) is -0.343. The maximum atomic E-state index is 10.7. The number of esters is 1. The van der Waals surface area contributed by atoms with E-state index in [1.807, 2.05) is 6.92 Å². The van der Waals surface area contributed by atoms with Crippen LogP contribution in [0.3, 0.4) is 0 Å². The summed E-state index contributed by atoms with van der Waals surface area (Å²) >= 11 is 0. The Morgan fingerprint density at radius 1 is 1.73 bits per heavy atom. The highest BCUT2D eigenvalue weighted by Gasteiger charge is 2.40. The smallest absolute Gasteiger partial charge is 0.332 e. The average molecular weight is 160 g/mol. The molecule has 0 aromatic heterocycles. The number of methoxy groups -OCH3 is 1. The number of ether oxygens (including phenoxy) is 3. The summed E-state index contributed by atoms with van der Waals surface area (Å²) in [6, 6.07) is 0. The van der Waals surface area contributed by atoms with Gasteiger partial charge in [0.1, 0.15) is 18.8 Å². The Hall–Kier alpha value is -0.610. The van der Waals surface area contributed by atoms with Crippen LogP contribution in [0.5, 0.6) is 0 Å². The van der Waals surface area contributed by atoms with E-state index in [-0.39, 0.29) is 18.2 Å². The summed E-state index contributed by atoms with van der Waals surface area (Å²) in [6.45, 7) is 2.91. The summed E-state index contributed by atoms with van der Waals surface area (Å²) in [7, 11) is 1.45. The van der Waals surface area contributed by atoms with Crippen LogP contribution in [0.2, 0.25) is 0 Å². The Bertz CT molecular complexity index is 151. The van der Waals surface area contributed by atoms with Crippen LogP contribution >= 0.6 is 0 Å². The first-order valence-corrected chi connectivity index (χ1v) is 3.45. The predicted molar refractivity (Wildman–Crippen MR) is 37.2 cm³/mol. The Balaban J connectivity index is 2.06. The van der Waals surface area contributed by atoms with Crippen LogP contribution in [-0.2, 0) is 19.0 Å². The third kappa shape index (κ3) is 2.86. The van der Waals surface area contributed by atoms with Crippen molar-refractivity contribution in [2.24, 2.45) is 0 Å². The largest absolute Gasteiger partial charge is 0.461 e. The molecule has 0 aromatic carbocycles. The highest BCUT2D eigenvalue weighted by molar-refractivity contribution is 5.70. The van der Waals surface area contributed by atoms with E-state index in [4.69, 9.17) is 9.47 Å². The van der Waals surface area contributed by atoms with Gasteiger partial charge in [0.15, 0.2) is 0 Å². The Kier molecular flexibility index (Phi) is 2.46. The van der Waals surface area contributed by atoms with E-state index < -0.39 is 0 Å². The molecule has 11 heavy (non-hydrogen) atoms. The second-order valence-corrected chi connectivity index (χ2v) is 2.83. The van der Waals surface area contributed by atoms with E-state index in [9.17, 15) is 4.79 Å². The van der Waals surface area contributed by atoms with Crippen molar-refractivity contribution in [1.29, 1.82) is 0 Å². The molecule has 1 saturated heterocycles. The molecule has 0 amide bonds. The molecule has 1 aliphatic heterocycles. The third-order valence-corrected chi connectivity index (χ3v) is 1.44. The molecule has 4 heteroatoms. The molecule has 1 rings (SSSR count). The van der Waals surface area contributed by atoms with Crippen molar-refractivity contribution >= 4 is 5.97 Å². The lowest BCUT2D eigenvalue weighted by Gasteiger charge is -2.05. The van der Waals surface area contributed by atoms with Crippen LogP contribution in [-0.4, -0.2) is 38.5 Å². The van der Waals surface area contributed by atoms with Crippen molar-refractivity contribution in [3.8, 4) is 0 Å². The minimum Gasteiger partial charge on any atom is -0.461 e. The fourth-order valence-electron chi connectivity index (χ4n) is 0.599. The molecule has 0 saturated carbocycles. The van der Waals surface area contributed by atoms with Gasteiger partial charge in [0.2, 0.25) is 0 Å². The van der Waals surface area contributed by atoms with Crippen molar-refractivity contribution in [3.63, 3.8) is 0 Å². The molecule has 0 aliphatic carbocycles. The quantitative estimate of drug-likeness (QED) is 0.428. The number of epoxide rings is 1. The number of hydrogen-bond acceptors (Lipinski definition) is 4. The fourth-order valence-corrected chi connectivity index (χ4v) is 0.599. The van der Waals surface area contributed by atoms with Crippen LogP contribution in [0, 0.1) is 0 Å². The van der Waals surface area contributed by atoms with Crippen LogP contribution in [0.1, 0.15) is 6.92 Å². The number of rotatable bonds is 4. The first-order valence-electron chi connectivity index (χ1n) is 3.45. The van der Waals surface area contributed by atoms with E-state index in [1.54, 1.807) is 0 Å². The topological polar surface area (TPSA) is 48.1 Å². The minimum atomic E-state index is -0.343. The van der Waals surface area contributed by atoms with Crippen molar-refractivity contribution in [2.45, 2.75) is 12.5 Å². The minimum absolute atomic E-state index is 0.01000. The Labute approximate surface area is 65.4 Å². The van der Waals surface area contributed by atoms with E-state index in [0.717, 1.165) is 0 Å². The van der Waals surface area contributed by atoms with Gasteiger partial charge in [-0.25, -0.2) is 4.79 Å². The molecule has 0 unspecified atom stereocenters. The second kappa shape index (κ2) is 3.19. The van der Waals surface area contributed by atoms with Gasteiger partial charge in [0.05, 0.1) is 6.61 Å². The lowest BCUT2D eigenvalue weighted by molar-refractivity contribution is -0.149. The summed E-state index contributed by atoms with van der Waals surface area (Å²) in [6.07, 6.45) is 0. The van der Waals surface area contributed by atoms with Gasteiger partial charge in [-0.15, -0.1) is 0 Å². The first kappa shape index (κ1) is 8.49. The van der Waals surface area contributed by atoms with Crippen LogP contribution in [0.15, 0.2) is 0 Å². The van der Waals surface area contributed by atoms with E-state index in [2.05, 4.69) is 4.74 Å². The van der Waals surface area contributed by atoms with Crippen molar-refractivity contribution in [1.82, 2.24) is 0 Å². The van der Waals surface area contributed by atoms with Gasteiger partial charge in [0.25, 0.3) is 0 Å². The summed E-state index contributed by atoms with van der Waals surface area (Å²) in [5, 5.41) is 0. The average Bonchev–Trinajstić information content (AvgIpc) is 2.66. The molecule has 1 atom stereocenters. The predicted octanol–water partition coefficient (Wildman–Crippen LogP) is -0.0351. The third-order valence-electron chi connectivity index (χ3n) is 1.44. The molecule has 64 valence electrons. The zero-order chi connectivity index (χ0) is 8.32. The van der Waals surface area contributed by atoms with Gasteiger partial charge in [-0.2, -0.15) is 0 Å². The van der Waals surface area contributed by atoms with Crippen LogP contribution < -0.4 is 0 Å². The standard InChI is InChI=1S/C7H12O4/c1-7(5-11-7)4-10-6(8)3-9-2/h3-5H2,1-2H3/t7-/m0/s1. The SMILES string of the molecule is COCC(=O)OC[C@@]1(C)CO1. The zero-order valence-electron chi connectivity index (χ0n) is 6.75. The number of carbonyl (C=O) groups excluding carboxylic acids is 1. The first-order chi connectivity index (χ1) is 5.16. The fraction of sp³-hybridized carbons (Fsp3) is 0.857. The van der Waals surface area contributed by atoms with Crippen LogP contribution in [0.4, 0.5) is 0 Å². The molecule has 1 aliphatic rings. The maximum absolute atomic E-state index is 10.7. The molecule has 4 nitrogen and oxygen atoms in total. The summed E-state index contributed by atoms with van der Waals surface area (Å²) in [5.41, 5.74) is -0.219. The Morgan fingerprint density at radius 2 is 2.36 bits per heavy atom. The molecule has 0 spiro atoms. The molecule has 0 bridgehead atoms. The second-order valence-electron chi connectivity index (χ2n) is 2.83. The molecular weight excluding hydrogens is 148 g/mol. The molecule has 0 N–H and O–H groups in total. The normalized spacial score (nSPS) is 28.2. The van der Waals surface area contributed by atoms with Gasteiger partial charge < -0.3 is 14.2 Å². The van der Waals surface area contributed by atoms with E-state index in [0.29, 0.717) is 13.2 Å². The summed E-state index contributed by atoms with van der Waals surface area (Å²) in [4.78, 5) is 10.7. The van der Waals surface area contributed by atoms with Crippen molar-refractivity contribution in [2.75, 3.05) is 26.9 Å². The van der Waals surface area contributed by atoms with Gasteiger partial charge in [-0.1, -0.05) is 0 Å². The van der Waals surface area contributed by atoms with Gasteiger partial charge in [-0.3, -0.25) is 0 Å². The summed E-state index contributed by atoms with van der Waals surface area (Å²) < 4.78 is 14.4. The van der Waals surface area contributed by atoms with E-state index >= 15 is 0 Å². The van der Waals surface area contributed by atoms with Gasteiger partial charge in [0, 0.05) is 7.11 Å². The Morgan fingerprint density at radius 3 is 2.82 bits per heavy atom. The number of carbonyl (C=O) groups is 1. The van der Waals surface area contributed by atoms with Gasteiger partial charge >= 0.3 is 5.97 Å². The monoisotopic (exact) mass is 160 g/mol. The van der Waals surface area contributed by atoms with E-state index in [1.165, 1.54) is 7.11 Å². The van der Waals surface area contributed by atoms with Crippen LogP contribution in [0.25, 0.3) is 0 Å². The van der Waals surface area contributed by atoms with Crippen molar-refractivity contribution < 1.29 is 19.0 Å². The van der Waals surface area contributed by atoms with Crippen molar-refractivity contribution in [3.05, 3.63) is 0 Å². The maximum Gasteiger partial charge on any atom is 0.332 e. The lowest BCUT2D eigenvalue weighted by Crippen LogP contribution is -2.20. The molecule has 0 aromatic rings. The molecule has 0 radical (unpaired) electrons. The molecule has 1 fully saturated rings. The molecular formula is C7H12O4. The highest BCUT2D eigenvalue weighted by atomic mass is 16.6. The van der Waals surface area contributed by atoms with Gasteiger partial charge in [-0.05, 0) is 6.92 Å². The molecule has 1 heterocycles. The lowest BCUT2D eigenvalue weighted by atomic mass is 10.2.